The van der Waals surface area contributed by atoms with Gasteiger partial charge in [-0.2, -0.15) is 0 Å². The van der Waals surface area contributed by atoms with Crippen LogP contribution in [0.1, 0.15) is 5.69 Å². The van der Waals surface area contributed by atoms with Gasteiger partial charge in [0.05, 0.1) is 5.69 Å². The third-order valence-electron chi connectivity index (χ3n) is 4.31. The van der Waals surface area contributed by atoms with Gasteiger partial charge in [0.2, 0.25) is 0 Å². The van der Waals surface area contributed by atoms with E-state index in [-0.39, 0.29) is 12.4 Å². The lowest BCUT2D eigenvalue weighted by Gasteiger charge is -2.35. The summed E-state index contributed by atoms with van der Waals surface area (Å²) in [4.78, 5) is 8.93. The highest BCUT2D eigenvalue weighted by Crippen LogP contribution is 2.15. The zero-order valence-electron chi connectivity index (χ0n) is 14.2. The van der Waals surface area contributed by atoms with Gasteiger partial charge in [0.15, 0.2) is 11.6 Å². The molecule has 1 saturated heterocycles. The predicted molar refractivity (Wildman–Crippen MR) is 93.9 cm³/mol. The molecular weight excluding hydrogens is 321 g/mol. The maximum Gasteiger partial charge on any atom is 0.165 e. The van der Waals surface area contributed by atoms with E-state index in [9.17, 15) is 9.50 Å². The molecule has 0 amide bonds. The van der Waals surface area contributed by atoms with Crippen LogP contribution in [0, 0.1) is 5.82 Å². The largest absolute Gasteiger partial charge is 0.488 e. The molecule has 1 aromatic heterocycles. The van der Waals surface area contributed by atoms with E-state index in [1.54, 1.807) is 18.2 Å². The number of piperazine rings is 1. The monoisotopic (exact) mass is 345 g/mol. The Morgan fingerprint density at radius 3 is 2.48 bits per heavy atom. The molecule has 1 fully saturated rings. The fraction of sp³-hybridized carbons (Fsp3) is 0.421. The molecule has 1 aromatic carbocycles. The number of halogens is 1. The van der Waals surface area contributed by atoms with E-state index >= 15 is 0 Å². The molecule has 1 unspecified atom stereocenters. The number of hydrogen-bond acceptors (Lipinski definition) is 5. The van der Waals surface area contributed by atoms with Gasteiger partial charge in [-0.3, -0.25) is 14.8 Å². The van der Waals surface area contributed by atoms with Crippen LogP contribution < -0.4 is 4.74 Å². The molecule has 0 spiro atoms. The van der Waals surface area contributed by atoms with Crippen LogP contribution >= 0.6 is 0 Å². The molecule has 3 rings (SSSR count). The van der Waals surface area contributed by atoms with Gasteiger partial charge in [-0.05, 0) is 24.3 Å². The molecule has 0 aliphatic carbocycles. The fourth-order valence-electron chi connectivity index (χ4n) is 2.95. The standard InChI is InChI=1S/C19H24FN3O2/c20-18-6-1-2-7-19(18)25-15-17(24)14-23-11-9-22(10-12-23)13-16-5-3-4-8-21-16/h1-8,17,24H,9-15H2. The highest BCUT2D eigenvalue weighted by Gasteiger charge is 2.20. The summed E-state index contributed by atoms with van der Waals surface area (Å²) in [6, 6.07) is 12.2. The topological polar surface area (TPSA) is 48.8 Å². The molecule has 6 heteroatoms. The highest BCUT2D eigenvalue weighted by molar-refractivity contribution is 5.23. The lowest BCUT2D eigenvalue weighted by atomic mass is 10.2. The van der Waals surface area contributed by atoms with Gasteiger partial charge in [-0.15, -0.1) is 0 Å². The Morgan fingerprint density at radius 1 is 1.04 bits per heavy atom. The summed E-state index contributed by atoms with van der Waals surface area (Å²) in [5.74, 6) is -0.223. The summed E-state index contributed by atoms with van der Waals surface area (Å²) >= 11 is 0. The molecule has 25 heavy (non-hydrogen) atoms. The van der Waals surface area contributed by atoms with Gasteiger partial charge < -0.3 is 9.84 Å². The lowest BCUT2D eigenvalue weighted by molar-refractivity contribution is 0.0435. The van der Waals surface area contributed by atoms with Gasteiger partial charge >= 0.3 is 0 Å². The number of aliphatic hydroxyl groups excluding tert-OH is 1. The second kappa shape index (κ2) is 8.89. The van der Waals surface area contributed by atoms with Gasteiger partial charge in [-0.1, -0.05) is 18.2 Å². The summed E-state index contributed by atoms with van der Waals surface area (Å²) in [6.45, 7) is 5.15. The van der Waals surface area contributed by atoms with Crippen LogP contribution in [0.2, 0.25) is 0 Å². The van der Waals surface area contributed by atoms with Gasteiger partial charge in [0.1, 0.15) is 12.7 Å². The Kier molecular flexibility index (Phi) is 6.33. The number of para-hydroxylation sites is 1. The zero-order chi connectivity index (χ0) is 17.5. The minimum Gasteiger partial charge on any atom is -0.488 e. The Bertz CT molecular complexity index is 648. The minimum absolute atomic E-state index is 0.0923. The quantitative estimate of drug-likeness (QED) is 0.829. The average molecular weight is 345 g/mol. The molecule has 134 valence electrons. The molecule has 0 saturated carbocycles. The van der Waals surface area contributed by atoms with E-state index in [1.807, 2.05) is 24.4 Å². The Hall–Kier alpha value is -2.02. The Labute approximate surface area is 147 Å². The van der Waals surface area contributed by atoms with Crippen molar-refractivity contribution in [3.63, 3.8) is 0 Å². The van der Waals surface area contributed by atoms with Crippen molar-refractivity contribution >= 4 is 0 Å². The molecule has 5 nitrogen and oxygen atoms in total. The van der Waals surface area contributed by atoms with Crippen LogP contribution in [0.15, 0.2) is 48.7 Å². The maximum atomic E-state index is 13.5. The first-order valence-electron chi connectivity index (χ1n) is 8.61. The van der Waals surface area contributed by atoms with Crippen molar-refractivity contribution in [3.05, 3.63) is 60.2 Å². The van der Waals surface area contributed by atoms with Crippen molar-refractivity contribution in [2.45, 2.75) is 12.6 Å². The fourth-order valence-corrected chi connectivity index (χ4v) is 2.95. The van der Waals surface area contributed by atoms with Crippen LogP contribution in [0.3, 0.4) is 0 Å². The normalized spacial score (nSPS) is 17.4. The SMILES string of the molecule is OC(COc1ccccc1F)CN1CCN(Cc2ccccn2)CC1. The number of aromatic nitrogens is 1. The molecule has 0 bridgehead atoms. The number of pyridine rings is 1. The number of benzene rings is 1. The first-order chi connectivity index (χ1) is 12.2. The summed E-state index contributed by atoms with van der Waals surface area (Å²) in [6.07, 6.45) is 1.18. The first-order valence-corrected chi connectivity index (χ1v) is 8.61. The summed E-state index contributed by atoms with van der Waals surface area (Å²) in [5, 5.41) is 10.1. The molecule has 1 aliphatic rings. The van der Waals surface area contributed by atoms with Crippen molar-refractivity contribution in [2.24, 2.45) is 0 Å². The van der Waals surface area contributed by atoms with Crippen molar-refractivity contribution in [2.75, 3.05) is 39.3 Å². The van der Waals surface area contributed by atoms with E-state index in [2.05, 4.69) is 14.8 Å². The molecule has 2 aromatic rings. The number of rotatable bonds is 7. The predicted octanol–water partition coefficient (Wildman–Crippen LogP) is 1.78. The number of ether oxygens (including phenoxy) is 1. The maximum absolute atomic E-state index is 13.5. The summed E-state index contributed by atoms with van der Waals surface area (Å²) < 4.78 is 18.9. The van der Waals surface area contributed by atoms with E-state index in [4.69, 9.17) is 4.74 Å². The van der Waals surface area contributed by atoms with Crippen LogP contribution in [0.25, 0.3) is 0 Å². The number of aliphatic hydroxyl groups is 1. The van der Waals surface area contributed by atoms with Crippen LogP contribution in [0.5, 0.6) is 5.75 Å². The number of hydrogen-bond donors (Lipinski definition) is 1. The third-order valence-corrected chi connectivity index (χ3v) is 4.31. The third kappa shape index (κ3) is 5.49. The zero-order valence-corrected chi connectivity index (χ0v) is 14.2. The smallest absolute Gasteiger partial charge is 0.165 e. The summed E-state index contributed by atoms with van der Waals surface area (Å²) in [7, 11) is 0. The van der Waals surface area contributed by atoms with Gasteiger partial charge in [-0.25, -0.2) is 4.39 Å². The van der Waals surface area contributed by atoms with Crippen molar-refractivity contribution in [3.8, 4) is 5.75 Å². The second-order valence-corrected chi connectivity index (χ2v) is 6.29. The average Bonchev–Trinajstić information content (AvgIpc) is 2.64. The van der Waals surface area contributed by atoms with Crippen LogP contribution in [-0.4, -0.2) is 65.3 Å². The number of nitrogens with zero attached hydrogens (tertiary/aromatic N) is 3. The van der Waals surface area contributed by atoms with E-state index in [0.29, 0.717) is 6.54 Å². The molecule has 1 aliphatic heterocycles. The highest BCUT2D eigenvalue weighted by atomic mass is 19.1. The van der Waals surface area contributed by atoms with E-state index in [1.165, 1.54) is 6.07 Å². The second-order valence-electron chi connectivity index (χ2n) is 6.29. The summed E-state index contributed by atoms with van der Waals surface area (Å²) in [5.41, 5.74) is 1.08. The molecule has 0 radical (unpaired) electrons. The van der Waals surface area contributed by atoms with Crippen molar-refractivity contribution in [1.29, 1.82) is 0 Å². The van der Waals surface area contributed by atoms with E-state index in [0.717, 1.165) is 38.4 Å². The lowest BCUT2D eigenvalue weighted by Crippen LogP contribution is -2.48. The molecule has 1 atom stereocenters. The Balaban J connectivity index is 1.37. The molecule has 1 N–H and O–H groups in total. The van der Waals surface area contributed by atoms with Crippen molar-refractivity contribution < 1.29 is 14.2 Å². The van der Waals surface area contributed by atoms with Gasteiger partial charge in [0, 0.05) is 45.5 Å². The van der Waals surface area contributed by atoms with Gasteiger partial charge in [0.25, 0.3) is 0 Å². The van der Waals surface area contributed by atoms with Crippen LogP contribution in [0.4, 0.5) is 4.39 Å². The van der Waals surface area contributed by atoms with Crippen molar-refractivity contribution in [1.82, 2.24) is 14.8 Å². The minimum atomic E-state index is -0.637. The van der Waals surface area contributed by atoms with E-state index < -0.39 is 11.9 Å². The van der Waals surface area contributed by atoms with Crippen LogP contribution in [-0.2, 0) is 6.54 Å². The molecular formula is C19H24FN3O2. The molecule has 2 heterocycles. The first kappa shape index (κ1) is 17.8. The Morgan fingerprint density at radius 2 is 1.76 bits per heavy atom. The number of β-amino-alcohol motifs (C(OH)–C–C–N with tert-alkyl or cyclic N) is 1.